The predicted octanol–water partition coefficient (Wildman–Crippen LogP) is 3.81. The van der Waals surface area contributed by atoms with Gasteiger partial charge in [0.05, 0.1) is 5.56 Å². The van der Waals surface area contributed by atoms with Crippen LogP contribution in [0.2, 0.25) is 0 Å². The highest BCUT2D eigenvalue weighted by atomic mass is 32.2. The molecule has 8 nitrogen and oxygen atoms in total. The Kier molecular flexibility index (Phi) is 5.41. The van der Waals surface area contributed by atoms with Gasteiger partial charge in [-0.2, -0.15) is 0 Å². The van der Waals surface area contributed by atoms with Crippen molar-refractivity contribution >= 4 is 29.8 Å². The van der Waals surface area contributed by atoms with E-state index in [4.69, 9.17) is 13.9 Å². The zero-order valence-corrected chi connectivity index (χ0v) is 14.9. The van der Waals surface area contributed by atoms with Crippen molar-refractivity contribution in [1.82, 2.24) is 10.2 Å². The lowest BCUT2D eigenvalue weighted by Gasteiger charge is -1.99. The Balaban J connectivity index is 1.85. The van der Waals surface area contributed by atoms with E-state index in [2.05, 4.69) is 10.2 Å². The second-order valence-corrected chi connectivity index (χ2v) is 6.31. The fraction of sp³-hybridized carbons (Fsp3) is 0.111. The lowest BCUT2D eigenvalue weighted by Crippen LogP contribution is -1.96. The number of aryl methyl sites for hydroxylation is 1. The Morgan fingerprint density at radius 2 is 1.96 bits per heavy atom. The van der Waals surface area contributed by atoms with E-state index >= 15 is 0 Å². The van der Waals surface area contributed by atoms with Gasteiger partial charge in [0.1, 0.15) is 16.4 Å². The van der Waals surface area contributed by atoms with Crippen LogP contribution in [0.15, 0.2) is 55.4 Å². The third kappa shape index (κ3) is 4.45. The maximum absolute atomic E-state index is 11.5. The van der Waals surface area contributed by atoms with Crippen molar-refractivity contribution in [2.24, 2.45) is 0 Å². The second-order valence-electron chi connectivity index (χ2n) is 5.32. The van der Waals surface area contributed by atoms with Gasteiger partial charge in [0.15, 0.2) is 0 Å². The Morgan fingerprint density at radius 3 is 2.63 bits per heavy atom. The largest absolute Gasteiger partial charge is 0.478 e. The van der Waals surface area contributed by atoms with Crippen molar-refractivity contribution in [2.75, 3.05) is 0 Å². The topological polar surface area (TPSA) is 127 Å². The van der Waals surface area contributed by atoms with E-state index in [-0.39, 0.29) is 15.7 Å². The molecule has 0 aliphatic heterocycles. The van der Waals surface area contributed by atoms with Crippen molar-refractivity contribution in [2.45, 2.75) is 18.6 Å². The second kappa shape index (κ2) is 7.92. The number of hydrogen-bond acceptors (Lipinski definition) is 7. The highest BCUT2D eigenvalue weighted by Gasteiger charge is 2.16. The van der Waals surface area contributed by atoms with E-state index in [0.29, 0.717) is 29.4 Å². The van der Waals surface area contributed by atoms with Gasteiger partial charge in [-0.25, -0.2) is 9.59 Å². The maximum Gasteiger partial charge on any atom is 0.342 e. The number of rotatable bonds is 7. The van der Waals surface area contributed by atoms with Crippen LogP contribution in [0.1, 0.15) is 28.9 Å². The molecule has 138 valence electrons. The lowest BCUT2D eigenvalue weighted by molar-refractivity contribution is -0.131. The fourth-order valence-electron chi connectivity index (χ4n) is 2.17. The first-order chi connectivity index (χ1) is 13.0. The molecular formula is C18H14N2O6S. The molecule has 2 aromatic heterocycles. The molecule has 0 aliphatic carbocycles. The molecule has 0 bridgehead atoms. The smallest absolute Gasteiger partial charge is 0.342 e. The molecule has 1 aromatic carbocycles. The van der Waals surface area contributed by atoms with Crippen LogP contribution in [0.5, 0.6) is 0 Å². The van der Waals surface area contributed by atoms with Gasteiger partial charge in [-0.15, -0.1) is 10.2 Å². The van der Waals surface area contributed by atoms with Gasteiger partial charge in [0.25, 0.3) is 5.22 Å². The molecule has 0 unspecified atom stereocenters. The van der Waals surface area contributed by atoms with Gasteiger partial charge in [-0.05, 0) is 36.0 Å². The zero-order chi connectivity index (χ0) is 19.4. The first-order valence-electron chi connectivity index (χ1n) is 7.85. The van der Waals surface area contributed by atoms with Crippen LogP contribution in [-0.4, -0.2) is 32.3 Å². The first kappa shape index (κ1) is 18.5. The summed E-state index contributed by atoms with van der Waals surface area (Å²) in [6, 6.07) is 9.50. The summed E-state index contributed by atoms with van der Waals surface area (Å²) in [6.45, 7) is 1.85. The van der Waals surface area contributed by atoms with E-state index in [9.17, 15) is 14.7 Å². The number of aromatic carboxylic acids is 1. The summed E-state index contributed by atoms with van der Waals surface area (Å²) < 4.78 is 10.9. The number of benzene rings is 1. The zero-order valence-electron chi connectivity index (χ0n) is 14.1. The lowest BCUT2D eigenvalue weighted by atomic mass is 10.1. The number of nitrogens with zero attached hydrogens (tertiary/aromatic N) is 2. The van der Waals surface area contributed by atoms with E-state index < -0.39 is 11.9 Å². The number of aliphatic carboxylic acids is 1. The summed E-state index contributed by atoms with van der Waals surface area (Å²) in [5.41, 5.74) is 0.703. The highest BCUT2D eigenvalue weighted by Crippen LogP contribution is 2.30. The van der Waals surface area contributed by atoms with Crippen LogP contribution in [-0.2, 0) is 11.2 Å². The molecule has 3 rings (SSSR count). The normalized spacial score (nSPS) is 11.5. The molecule has 2 heterocycles. The summed E-state index contributed by atoms with van der Waals surface area (Å²) in [7, 11) is 0. The minimum absolute atomic E-state index is 0.0542. The quantitative estimate of drug-likeness (QED) is 0.460. The Labute approximate surface area is 157 Å². The summed E-state index contributed by atoms with van der Waals surface area (Å²) >= 11 is 0.823. The van der Waals surface area contributed by atoms with Crippen molar-refractivity contribution in [3.05, 3.63) is 58.5 Å². The van der Waals surface area contributed by atoms with Gasteiger partial charge in [-0.3, -0.25) is 0 Å². The monoisotopic (exact) mass is 386 g/mol. The average molecular weight is 386 g/mol. The van der Waals surface area contributed by atoms with Gasteiger partial charge < -0.3 is 19.0 Å². The van der Waals surface area contributed by atoms with Crippen molar-refractivity contribution in [3.63, 3.8) is 0 Å². The van der Waals surface area contributed by atoms with Crippen molar-refractivity contribution in [3.8, 4) is 11.3 Å². The number of carbonyl (C=O) groups is 2. The average Bonchev–Trinajstić information content (AvgIpc) is 3.30. The minimum atomic E-state index is -1.16. The first-order valence-corrected chi connectivity index (χ1v) is 8.66. The molecule has 0 radical (unpaired) electrons. The summed E-state index contributed by atoms with van der Waals surface area (Å²) in [5.74, 6) is -1.07. The van der Waals surface area contributed by atoms with E-state index in [1.165, 1.54) is 18.2 Å². The molecule has 0 atom stereocenters. The number of carboxylic acids is 2. The molecule has 0 fully saturated rings. The highest BCUT2D eigenvalue weighted by molar-refractivity contribution is 8.03. The summed E-state index contributed by atoms with van der Waals surface area (Å²) in [6.07, 6.45) is 1.89. The SMILES string of the molecule is CCc1nnc(S/C(=C/c2ccc(-c3cccc(C(=O)O)c3)o2)C(=O)O)o1. The third-order valence-corrected chi connectivity index (χ3v) is 4.30. The third-order valence-electron chi connectivity index (χ3n) is 3.45. The van der Waals surface area contributed by atoms with Gasteiger partial charge in [0, 0.05) is 18.1 Å². The maximum atomic E-state index is 11.5. The van der Waals surface area contributed by atoms with Crippen LogP contribution in [0.4, 0.5) is 0 Å². The minimum Gasteiger partial charge on any atom is -0.478 e. The van der Waals surface area contributed by atoms with Crippen LogP contribution in [0, 0.1) is 0 Å². The van der Waals surface area contributed by atoms with Gasteiger partial charge in [0.2, 0.25) is 5.89 Å². The molecule has 0 spiro atoms. The molecule has 0 amide bonds. The van der Waals surface area contributed by atoms with Crippen LogP contribution in [0.25, 0.3) is 17.4 Å². The van der Waals surface area contributed by atoms with Crippen LogP contribution in [0.3, 0.4) is 0 Å². The molecular weight excluding hydrogens is 372 g/mol. The van der Waals surface area contributed by atoms with Crippen molar-refractivity contribution < 1.29 is 28.6 Å². The predicted molar refractivity (Wildman–Crippen MR) is 96.2 cm³/mol. The van der Waals surface area contributed by atoms with Gasteiger partial charge in [-0.1, -0.05) is 19.1 Å². The van der Waals surface area contributed by atoms with Crippen LogP contribution < -0.4 is 0 Å². The summed E-state index contributed by atoms with van der Waals surface area (Å²) in [5, 5.41) is 26.2. The van der Waals surface area contributed by atoms with E-state index in [0.717, 1.165) is 11.8 Å². The molecule has 27 heavy (non-hydrogen) atoms. The number of carboxylic acid groups (broad SMARTS) is 2. The van der Waals surface area contributed by atoms with E-state index in [1.54, 1.807) is 24.3 Å². The number of hydrogen-bond donors (Lipinski definition) is 2. The standard InChI is InChI=1S/C18H14N2O6S/c1-2-15-19-20-18(26-15)27-14(17(23)24)9-12-6-7-13(25-12)10-4-3-5-11(8-10)16(21)22/h3-9H,2H2,1H3,(H,21,22)(H,23,24)/b14-9+. The van der Waals surface area contributed by atoms with E-state index in [1.807, 2.05) is 6.92 Å². The number of aromatic nitrogens is 2. The fourth-order valence-corrected chi connectivity index (χ4v) is 2.84. The Hall–Kier alpha value is -3.33. The molecule has 0 saturated carbocycles. The Morgan fingerprint density at radius 1 is 1.15 bits per heavy atom. The van der Waals surface area contributed by atoms with Crippen molar-refractivity contribution in [1.29, 1.82) is 0 Å². The van der Waals surface area contributed by atoms with Gasteiger partial charge >= 0.3 is 11.9 Å². The van der Waals surface area contributed by atoms with Crippen LogP contribution >= 0.6 is 11.8 Å². The summed E-state index contributed by atoms with van der Waals surface area (Å²) in [4.78, 5) is 22.5. The molecule has 0 saturated heterocycles. The Bertz CT molecular complexity index is 1020. The number of thioether (sulfide) groups is 1. The molecule has 0 aliphatic rings. The molecule has 9 heteroatoms. The molecule has 3 aromatic rings. The molecule has 2 N–H and O–H groups in total. The number of furan rings is 1.